The fourth-order valence-corrected chi connectivity index (χ4v) is 1.06. The van der Waals surface area contributed by atoms with Crippen LogP contribution in [0.5, 0.6) is 5.75 Å². The Morgan fingerprint density at radius 3 is 2.62 bits per heavy atom. The second-order valence-corrected chi connectivity index (χ2v) is 2.56. The number of aromatic amines is 1. The number of hydrogen-bond acceptors (Lipinski definition) is 2. The van der Waals surface area contributed by atoms with Gasteiger partial charge in [0.1, 0.15) is 5.69 Å². The molecule has 3 nitrogen and oxygen atoms in total. The van der Waals surface area contributed by atoms with Crippen molar-refractivity contribution in [3.8, 4) is 5.75 Å². The number of H-pyrrole nitrogens is 1. The Labute approximate surface area is 73.4 Å². The number of aryl methyl sites for hydroxylation is 1. The molecule has 1 N–H and O–H groups in total. The maximum atomic E-state index is 12.3. The van der Waals surface area contributed by atoms with Crippen LogP contribution in [0.15, 0.2) is 10.9 Å². The molecule has 0 saturated heterocycles. The predicted molar refractivity (Wildman–Crippen MR) is 43.3 cm³/mol. The summed E-state index contributed by atoms with van der Waals surface area (Å²) in [5, 5.41) is 0. The number of nitrogens with one attached hydrogen (secondary N) is 1. The summed E-state index contributed by atoms with van der Waals surface area (Å²) < 4.78 is 29.2. The van der Waals surface area contributed by atoms with Gasteiger partial charge in [0, 0.05) is 11.8 Å². The molecule has 72 valence electrons. The largest absolute Gasteiger partial charge is 0.491 e. The van der Waals surface area contributed by atoms with Gasteiger partial charge in [-0.05, 0) is 6.92 Å². The van der Waals surface area contributed by atoms with E-state index in [2.05, 4.69) is 9.72 Å². The van der Waals surface area contributed by atoms with E-state index in [4.69, 9.17) is 0 Å². The summed E-state index contributed by atoms with van der Waals surface area (Å²) in [7, 11) is 1.19. The summed E-state index contributed by atoms with van der Waals surface area (Å²) in [4.78, 5) is 13.5. The molecule has 1 rings (SSSR count). The summed E-state index contributed by atoms with van der Waals surface area (Å²) in [5.74, 6) is -0.319. The van der Waals surface area contributed by atoms with Crippen molar-refractivity contribution >= 4 is 0 Å². The van der Waals surface area contributed by atoms with Crippen LogP contribution in [0, 0.1) is 6.92 Å². The second-order valence-electron chi connectivity index (χ2n) is 2.56. The van der Waals surface area contributed by atoms with Gasteiger partial charge < -0.3 is 9.72 Å². The number of methoxy groups -OCH3 is 1. The lowest BCUT2D eigenvalue weighted by Gasteiger charge is -2.07. The average molecular weight is 189 g/mol. The molecule has 5 heteroatoms. The number of pyridine rings is 1. The Kier molecular flexibility index (Phi) is 2.65. The van der Waals surface area contributed by atoms with Crippen molar-refractivity contribution in [3.63, 3.8) is 0 Å². The Bertz CT molecular complexity index is 360. The number of hydrogen-bond donors (Lipinski definition) is 1. The van der Waals surface area contributed by atoms with Crippen molar-refractivity contribution in [2.24, 2.45) is 0 Å². The van der Waals surface area contributed by atoms with Gasteiger partial charge in [-0.25, -0.2) is 8.78 Å². The van der Waals surface area contributed by atoms with Crippen molar-refractivity contribution in [1.82, 2.24) is 4.98 Å². The van der Waals surface area contributed by atoms with E-state index in [1.165, 1.54) is 20.1 Å². The van der Waals surface area contributed by atoms with E-state index in [9.17, 15) is 13.6 Å². The molecule has 0 aliphatic rings. The van der Waals surface area contributed by atoms with Gasteiger partial charge in [0.05, 0.1) is 7.11 Å². The maximum Gasteiger partial charge on any atom is 0.282 e. The summed E-state index contributed by atoms with van der Waals surface area (Å²) in [6.45, 7) is 1.53. The molecule has 13 heavy (non-hydrogen) atoms. The highest BCUT2D eigenvalue weighted by molar-refractivity contribution is 5.30. The van der Waals surface area contributed by atoms with E-state index in [0.717, 1.165) is 0 Å². The second kappa shape index (κ2) is 3.55. The average Bonchev–Trinajstić information content (AvgIpc) is 2.02. The van der Waals surface area contributed by atoms with Crippen LogP contribution in [0.4, 0.5) is 8.78 Å². The molecule has 0 aliphatic heterocycles. The quantitative estimate of drug-likeness (QED) is 0.768. The van der Waals surface area contributed by atoms with Gasteiger partial charge in [0.25, 0.3) is 6.43 Å². The molecule has 0 aliphatic carbocycles. The van der Waals surface area contributed by atoms with E-state index in [-0.39, 0.29) is 5.75 Å². The minimum atomic E-state index is -2.73. The Balaban J connectivity index is 3.38. The van der Waals surface area contributed by atoms with Gasteiger partial charge in [-0.2, -0.15) is 0 Å². The van der Waals surface area contributed by atoms with Crippen molar-refractivity contribution in [2.45, 2.75) is 13.3 Å². The lowest BCUT2D eigenvalue weighted by atomic mass is 10.3. The third-order valence-electron chi connectivity index (χ3n) is 1.57. The molecule has 0 fully saturated rings. The van der Waals surface area contributed by atoms with Crippen molar-refractivity contribution in [1.29, 1.82) is 0 Å². The van der Waals surface area contributed by atoms with Gasteiger partial charge in [-0.3, -0.25) is 4.79 Å². The van der Waals surface area contributed by atoms with Crippen molar-refractivity contribution < 1.29 is 13.5 Å². The molecule has 0 spiro atoms. The number of rotatable bonds is 2. The minimum absolute atomic E-state index is 0.319. The zero-order valence-electron chi connectivity index (χ0n) is 7.23. The fraction of sp³-hybridized carbons (Fsp3) is 0.375. The number of halogens is 2. The van der Waals surface area contributed by atoms with Gasteiger partial charge >= 0.3 is 0 Å². The van der Waals surface area contributed by atoms with Gasteiger partial charge in [0.15, 0.2) is 5.75 Å². The molecule has 1 heterocycles. The summed E-state index contributed by atoms with van der Waals surface area (Å²) >= 11 is 0. The van der Waals surface area contributed by atoms with Crippen molar-refractivity contribution in [2.75, 3.05) is 7.11 Å². The van der Waals surface area contributed by atoms with Crippen LogP contribution in [0.1, 0.15) is 17.8 Å². The predicted octanol–water partition coefficient (Wildman–Crippen LogP) is 1.63. The molecule has 0 unspecified atom stereocenters. The Morgan fingerprint density at radius 2 is 2.15 bits per heavy atom. The first-order chi connectivity index (χ1) is 6.06. The molecule has 1 aromatic heterocycles. The summed E-state index contributed by atoms with van der Waals surface area (Å²) in [6.07, 6.45) is -2.73. The lowest BCUT2D eigenvalue weighted by Crippen LogP contribution is -2.11. The van der Waals surface area contributed by atoms with Crippen LogP contribution in [-0.2, 0) is 0 Å². The Morgan fingerprint density at radius 1 is 1.54 bits per heavy atom. The van der Waals surface area contributed by atoms with E-state index < -0.39 is 17.5 Å². The molecular formula is C8H9F2NO2. The zero-order chi connectivity index (χ0) is 10.0. The standard InChI is InChI=1S/C8H9F2NO2/c1-4-3-5(12)7(13-2)6(11-4)8(9)10/h3,8H,1-2H3,(H,11,12). The van der Waals surface area contributed by atoms with Gasteiger partial charge in [0.2, 0.25) is 5.43 Å². The fourth-order valence-electron chi connectivity index (χ4n) is 1.06. The van der Waals surface area contributed by atoms with E-state index in [0.29, 0.717) is 5.69 Å². The molecule has 0 bridgehead atoms. The first-order valence-electron chi connectivity index (χ1n) is 3.62. The normalized spacial score (nSPS) is 10.5. The maximum absolute atomic E-state index is 12.3. The smallest absolute Gasteiger partial charge is 0.282 e. The number of aromatic nitrogens is 1. The van der Waals surface area contributed by atoms with Crippen LogP contribution in [0.3, 0.4) is 0 Å². The van der Waals surface area contributed by atoms with Crippen LogP contribution >= 0.6 is 0 Å². The molecule has 0 atom stereocenters. The third kappa shape index (κ3) is 1.85. The zero-order valence-corrected chi connectivity index (χ0v) is 7.23. The van der Waals surface area contributed by atoms with E-state index >= 15 is 0 Å². The summed E-state index contributed by atoms with van der Waals surface area (Å²) in [6, 6.07) is 1.21. The lowest BCUT2D eigenvalue weighted by molar-refractivity contribution is 0.141. The topological polar surface area (TPSA) is 42.1 Å². The molecule has 1 aromatic rings. The highest BCUT2D eigenvalue weighted by Crippen LogP contribution is 2.23. The monoisotopic (exact) mass is 189 g/mol. The molecular weight excluding hydrogens is 180 g/mol. The highest BCUT2D eigenvalue weighted by atomic mass is 19.3. The van der Waals surface area contributed by atoms with E-state index in [1.807, 2.05) is 0 Å². The summed E-state index contributed by atoms with van der Waals surface area (Å²) in [5.41, 5.74) is -0.609. The number of ether oxygens (including phenoxy) is 1. The molecule has 0 radical (unpaired) electrons. The van der Waals surface area contributed by atoms with Crippen LogP contribution in [0.2, 0.25) is 0 Å². The van der Waals surface area contributed by atoms with Gasteiger partial charge in [-0.15, -0.1) is 0 Å². The molecule has 0 aromatic carbocycles. The highest BCUT2D eigenvalue weighted by Gasteiger charge is 2.17. The Hall–Kier alpha value is -1.39. The van der Waals surface area contributed by atoms with Crippen LogP contribution in [0.25, 0.3) is 0 Å². The van der Waals surface area contributed by atoms with Gasteiger partial charge in [-0.1, -0.05) is 0 Å². The minimum Gasteiger partial charge on any atom is -0.491 e. The first kappa shape index (κ1) is 9.70. The SMILES string of the molecule is COc1c(C(F)F)[nH]c(C)cc1=O. The van der Waals surface area contributed by atoms with Crippen LogP contribution < -0.4 is 10.2 Å². The molecule has 0 amide bonds. The third-order valence-corrected chi connectivity index (χ3v) is 1.57. The van der Waals surface area contributed by atoms with E-state index in [1.54, 1.807) is 0 Å². The number of alkyl halides is 2. The molecule has 0 saturated carbocycles. The first-order valence-corrected chi connectivity index (χ1v) is 3.62. The van der Waals surface area contributed by atoms with Crippen molar-refractivity contribution in [3.05, 3.63) is 27.7 Å². The van der Waals surface area contributed by atoms with Crippen LogP contribution in [-0.4, -0.2) is 12.1 Å².